The molecule has 0 N–H and O–H groups in total. The Morgan fingerprint density at radius 1 is 0.857 bits per heavy atom. The molecule has 0 aliphatic rings. The highest BCUT2D eigenvalue weighted by atomic mass is 32.2. The van der Waals surface area contributed by atoms with Gasteiger partial charge in [-0.2, -0.15) is 0 Å². The first-order chi connectivity index (χ1) is 10.0. The molecule has 0 radical (unpaired) electrons. The van der Waals surface area contributed by atoms with Gasteiger partial charge < -0.3 is 4.57 Å². The number of hydrogen-bond acceptors (Lipinski definition) is 3. The molecule has 0 amide bonds. The van der Waals surface area contributed by atoms with Crippen LogP contribution in [0.4, 0.5) is 0 Å². The maximum absolute atomic E-state index is 2.88. The summed E-state index contributed by atoms with van der Waals surface area (Å²) in [6.45, 7) is 19.0. The lowest BCUT2D eigenvalue weighted by Gasteiger charge is -2.36. The second kappa shape index (κ2) is 13.0. The molecule has 0 aromatic heterocycles. The Morgan fingerprint density at radius 2 is 1.43 bits per heavy atom. The third kappa shape index (κ3) is 8.05. The van der Waals surface area contributed by atoms with Crippen LogP contribution in [0.3, 0.4) is 0 Å². The van der Waals surface area contributed by atoms with Gasteiger partial charge in [-0.25, -0.2) is 4.31 Å². The van der Waals surface area contributed by atoms with Gasteiger partial charge in [0.1, 0.15) is 8.96 Å². The Morgan fingerprint density at radius 3 is 1.86 bits per heavy atom. The highest BCUT2D eigenvalue weighted by Crippen LogP contribution is 2.21. The van der Waals surface area contributed by atoms with Crippen molar-refractivity contribution in [1.29, 1.82) is 0 Å². The van der Waals surface area contributed by atoms with Crippen LogP contribution in [-0.4, -0.2) is 48.4 Å². The fourth-order valence-corrected chi connectivity index (χ4v) is 8.62. The molecule has 0 spiro atoms. The first-order valence-electron chi connectivity index (χ1n) is 9.20. The Kier molecular flexibility index (Phi) is 13.3. The van der Waals surface area contributed by atoms with Crippen LogP contribution in [0.25, 0.3) is 0 Å². The van der Waals surface area contributed by atoms with Crippen LogP contribution in [0.2, 0.25) is 6.04 Å². The van der Waals surface area contributed by atoms with Crippen LogP contribution >= 0.6 is 11.9 Å². The summed E-state index contributed by atoms with van der Waals surface area (Å²) >= 11 is 2.15. The highest BCUT2D eigenvalue weighted by molar-refractivity contribution is 7.98. The zero-order valence-electron chi connectivity index (χ0n) is 15.7. The van der Waals surface area contributed by atoms with Crippen molar-refractivity contribution in [3.8, 4) is 0 Å². The molecule has 0 bridgehead atoms. The Balaban J connectivity index is 4.62. The zero-order valence-corrected chi connectivity index (χ0v) is 17.7. The van der Waals surface area contributed by atoms with Gasteiger partial charge in [0.05, 0.1) is 0 Å². The molecule has 0 aliphatic heterocycles. The monoisotopic (exact) mass is 332 g/mol. The largest absolute Gasteiger partial charge is 0.323 e. The lowest BCUT2D eigenvalue weighted by atomic mass is 10.2. The van der Waals surface area contributed by atoms with Gasteiger partial charge in [-0.1, -0.05) is 53.5 Å². The van der Waals surface area contributed by atoms with E-state index in [1.165, 1.54) is 50.2 Å². The van der Waals surface area contributed by atoms with Crippen LogP contribution < -0.4 is 0 Å². The second-order valence-corrected chi connectivity index (χ2v) is 11.1. The molecule has 0 saturated heterocycles. The average molecular weight is 333 g/mol. The van der Waals surface area contributed by atoms with E-state index in [0.29, 0.717) is 6.04 Å². The van der Waals surface area contributed by atoms with E-state index in [1.54, 1.807) is 0 Å². The normalized spacial score (nSPS) is 16.4. The van der Waals surface area contributed by atoms with Crippen LogP contribution in [0.5, 0.6) is 0 Å². The van der Waals surface area contributed by atoms with Crippen LogP contribution in [0.1, 0.15) is 74.1 Å². The van der Waals surface area contributed by atoms with Gasteiger partial charge in [-0.15, -0.1) is 0 Å². The maximum atomic E-state index is 2.88. The minimum atomic E-state index is -0.800. The summed E-state index contributed by atoms with van der Waals surface area (Å²) in [5, 5.41) is 1.38. The SMILES string of the molecule is CCCN(SC[SiH](CC)N(CCC)C(C)CC)C(C)CC. The first-order valence-corrected chi connectivity index (χ1v) is 12.3. The van der Waals surface area contributed by atoms with Crippen molar-refractivity contribution in [2.75, 3.05) is 18.5 Å². The average Bonchev–Trinajstić information content (AvgIpc) is 2.51. The summed E-state index contributed by atoms with van der Waals surface area (Å²) in [5.74, 6) is 0. The van der Waals surface area contributed by atoms with Crippen molar-refractivity contribution in [1.82, 2.24) is 8.87 Å². The molecule has 0 aromatic rings. The third-order valence-electron chi connectivity index (χ3n) is 4.54. The number of rotatable bonds is 13. The third-order valence-corrected chi connectivity index (χ3v) is 10.2. The maximum Gasteiger partial charge on any atom is 0.123 e. The summed E-state index contributed by atoms with van der Waals surface area (Å²) in [4.78, 5) is 0. The first kappa shape index (κ1) is 21.5. The number of hydrogen-bond donors (Lipinski definition) is 0. The summed E-state index contributed by atoms with van der Waals surface area (Å²) in [5.41, 5.74) is 0. The van der Waals surface area contributed by atoms with Crippen LogP contribution in [-0.2, 0) is 0 Å². The smallest absolute Gasteiger partial charge is 0.123 e. The van der Waals surface area contributed by atoms with E-state index in [9.17, 15) is 0 Å². The molecule has 3 unspecified atom stereocenters. The van der Waals surface area contributed by atoms with Crippen molar-refractivity contribution >= 4 is 20.9 Å². The van der Waals surface area contributed by atoms with E-state index in [2.05, 4.69) is 69.3 Å². The Labute approximate surface area is 140 Å². The molecule has 0 saturated carbocycles. The van der Waals surface area contributed by atoms with Gasteiger partial charge in [0.2, 0.25) is 0 Å². The molecule has 0 heterocycles. The number of nitrogens with zero attached hydrogens (tertiary/aromatic N) is 2. The van der Waals surface area contributed by atoms with Crippen LogP contribution in [0, 0.1) is 0 Å². The fourth-order valence-electron chi connectivity index (χ4n) is 2.72. The molecule has 3 atom stereocenters. The van der Waals surface area contributed by atoms with Crippen LogP contribution in [0.15, 0.2) is 0 Å². The molecule has 21 heavy (non-hydrogen) atoms. The lowest BCUT2D eigenvalue weighted by Crippen LogP contribution is -2.47. The van der Waals surface area contributed by atoms with E-state index >= 15 is 0 Å². The lowest BCUT2D eigenvalue weighted by molar-refractivity contribution is 0.332. The Bertz CT molecular complexity index is 241. The summed E-state index contributed by atoms with van der Waals surface area (Å²) in [6, 6.07) is 2.88. The van der Waals surface area contributed by atoms with E-state index in [0.717, 1.165) is 6.04 Å². The summed E-state index contributed by atoms with van der Waals surface area (Å²) < 4.78 is 5.53. The molecule has 0 fully saturated rings. The van der Waals surface area contributed by atoms with Gasteiger partial charge in [0.15, 0.2) is 0 Å². The fraction of sp³-hybridized carbons (Fsp3) is 1.00. The molecule has 0 aromatic carbocycles. The molecule has 128 valence electrons. The molecule has 0 rings (SSSR count). The quantitative estimate of drug-likeness (QED) is 0.348. The summed E-state index contributed by atoms with van der Waals surface area (Å²) in [7, 11) is -0.800. The van der Waals surface area contributed by atoms with Crippen molar-refractivity contribution in [2.24, 2.45) is 0 Å². The van der Waals surface area contributed by atoms with Crippen molar-refractivity contribution < 1.29 is 0 Å². The van der Waals surface area contributed by atoms with E-state index < -0.39 is 8.96 Å². The molecule has 0 aliphatic carbocycles. The standard InChI is InChI=1S/C17H40N2SSi/c1-8-13-18(16(6)10-3)20-15-21(12-5)19(14-9-2)17(7)11-4/h16-17,21H,8-15H2,1-7H3. The molecule has 4 heteroatoms. The van der Waals surface area contributed by atoms with Gasteiger partial charge in [0, 0.05) is 18.0 Å². The van der Waals surface area contributed by atoms with Gasteiger partial charge in [0.25, 0.3) is 0 Å². The second-order valence-electron chi connectivity index (χ2n) is 6.25. The Hall–Kier alpha value is 0.487. The minimum Gasteiger partial charge on any atom is -0.323 e. The predicted octanol–water partition coefficient (Wildman–Crippen LogP) is 4.94. The molecular formula is C17H40N2SSi. The van der Waals surface area contributed by atoms with Gasteiger partial charge in [-0.05, 0) is 51.2 Å². The van der Waals surface area contributed by atoms with E-state index in [1.807, 2.05) is 0 Å². The van der Waals surface area contributed by atoms with Crippen molar-refractivity contribution in [2.45, 2.75) is 92.3 Å². The highest BCUT2D eigenvalue weighted by Gasteiger charge is 2.23. The zero-order chi connectivity index (χ0) is 16.3. The topological polar surface area (TPSA) is 6.48 Å². The van der Waals surface area contributed by atoms with E-state index in [-0.39, 0.29) is 0 Å². The van der Waals surface area contributed by atoms with Crippen molar-refractivity contribution in [3.05, 3.63) is 0 Å². The van der Waals surface area contributed by atoms with Crippen molar-refractivity contribution in [3.63, 3.8) is 0 Å². The predicted molar refractivity (Wildman–Crippen MR) is 104 cm³/mol. The van der Waals surface area contributed by atoms with Gasteiger partial charge in [-0.3, -0.25) is 0 Å². The van der Waals surface area contributed by atoms with Gasteiger partial charge >= 0.3 is 0 Å². The minimum absolute atomic E-state index is 0.713. The summed E-state index contributed by atoms with van der Waals surface area (Å²) in [6.07, 6.45) is 5.11. The van der Waals surface area contributed by atoms with E-state index in [4.69, 9.17) is 0 Å². The molecule has 2 nitrogen and oxygen atoms in total. The molecular weight excluding hydrogens is 292 g/mol.